The van der Waals surface area contributed by atoms with Crippen LogP contribution in [0.3, 0.4) is 0 Å². The second-order valence-corrected chi connectivity index (χ2v) is 7.16. The van der Waals surface area contributed by atoms with E-state index in [1.54, 1.807) is 25.1 Å². The summed E-state index contributed by atoms with van der Waals surface area (Å²) >= 11 is 11.8. The van der Waals surface area contributed by atoms with E-state index in [1.165, 1.54) is 0 Å². The summed E-state index contributed by atoms with van der Waals surface area (Å²) in [6.07, 6.45) is 0.722. The Hall–Kier alpha value is -0.510. The Kier molecular flexibility index (Phi) is 5.26. The van der Waals surface area contributed by atoms with Gasteiger partial charge in [-0.15, -0.1) is 0 Å². The van der Waals surface area contributed by atoms with Gasteiger partial charge in [0, 0.05) is 15.0 Å². The maximum absolute atomic E-state index is 12.2. The summed E-state index contributed by atoms with van der Waals surface area (Å²) < 4.78 is 24.4. The highest BCUT2D eigenvalue weighted by molar-refractivity contribution is 7.94. The van der Waals surface area contributed by atoms with Crippen molar-refractivity contribution in [3.63, 3.8) is 0 Å². The fourth-order valence-electron chi connectivity index (χ4n) is 1.47. The molecule has 0 aliphatic heterocycles. The zero-order valence-electron chi connectivity index (χ0n) is 10.6. The van der Waals surface area contributed by atoms with Gasteiger partial charge in [-0.25, -0.2) is 8.42 Å². The van der Waals surface area contributed by atoms with Gasteiger partial charge >= 0.3 is 0 Å². The molecule has 2 nitrogen and oxygen atoms in total. The fourth-order valence-corrected chi connectivity index (χ4v) is 3.57. The minimum atomic E-state index is -3.31. The van der Waals surface area contributed by atoms with E-state index in [0.29, 0.717) is 20.5 Å². The van der Waals surface area contributed by atoms with Crippen LogP contribution >= 0.6 is 23.2 Å². The van der Waals surface area contributed by atoms with Gasteiger partial charge in [-0.05, 0) is 38.0 Å². The molecule has 0 aromatic heterocycles. The molecule has 1 aromatic carbocycles. The number of rotatable bonds is 4. The van der Waals surface area contributed by atoms with E-state index >= 15 is 0 Å². The van der Waals surface area contributed by atoms with Gasteiger partial charge in [0.15, 0.2) is 9.84 Å². The van der Waals surface area contributed by atoms with Gasteiger partial charge in [0.1, 0.15) is 0 Å². The molecule has 0 fully saturated rings. The van der Waals surface area contributed by atoms with E-state index < -0.39 is 9.84 Å². The van der Waals surface area contributed by atoms with E-state index in [4.69, 9.17) is 23.2 Å². The van der Waals surface area contributed by atoms with Crippen LogP contribution in [0.2, 0.25) is 10.0 Å². The fraction of sp³-hybridized carbons (Fsp3) is 0.385. The van der Waals surface area contributed by atoms with E-state index in [1.807, 2.05) is 13.8 Å². The SMILES string of the molecule is CCC(C)=C(C)S(=O)(=O)Cc1ccc(Cl)cc1Cl. The van der Waals surface area contributed by atoms with Crippen molar-refractivity contribution in [2.24, 2.45) is 0 Å². The van der Waals surface area contributed by atoms with Crippen LogP contribution in [-0.2, 0) is 15.6 Å². The molecule has 0 aliphatic rings. The lowest BCUT2D eigenvalue weighted by molar-refractivity contribution is 0.600. The van der Waals surface area contributed by atoms with E-state index in [0.717, 1.165) is 12.0 Å². The van der Waals surface area contributed by atoms with Crippen molar-refractivity contribution in [3.8, 4) is 0 Å². The third-order valence-electron chi connectivity index (χ3n) is 2.96. The topological polar surface area (TPSA) is 34.1 Å². The summed E-state index contributed by atoms with van der Waals surface area (Å²) in [5.74, 6) is -0.0911. The van der Waals surface area contributed by atoms with Gasteiger partial charge in [-0.1, -0.05) is 41.8 Å². The quantitative estimate of drug-likeness (QED) is 0.814. The first kappa shape index (κ1) is 15.5. The Morgan fingerprint density at radius 2 is 1.83 bits per heavy atom. The van der Waals surface area contributed by atoms with Crippen molar-refractivity contribution < 1.29 is 8.42 Å². The molecular weight excluding hydrogens is 291 g/mol. The second-order valence-electron chi connectivity index (χ2n) is 4.18. The van der Waals surface area contributed by atoms with E-state index in [-0.39, 0.29) is 5.75 Å². The lowest BCUT2D eigenvalue weighted by atomic mass is 10.2. The molecule has 0 amide bonds. The maximum Gasteiger partial charge on any atom is 0.178 e. The minimum Gasteiger partial charge on any atom is -0.224 e. The van der Waals surface area contributed by atoms with Gasteiger partial charge in [-0.2, -0.15) is 0 Å². The highest BCUT2D eigenvalue weighted by Crippen LogP contribution is 2.26. The zero-order valence-corrected chi connectivity index (χ0v) is 13.0. The molecular formula is C13H16Cl2O2S. The molecule has 0 unspecified atom stereocenters. The minimum absolute atomic E-state index is 0.0911. The van der Waals surface area contributed by atoms with Crippen LogP contribution in [-0.4, -0.2) is 8.42 Å². The maximum atomic E-state index is 12.2. The van der Waals surface area contributed by atoms with Crippen molar-refractivity contribution in [2.45, 2.75) is 32.9 Å². The monoisotopic (exact) mass is 306 g/mol. The normalized spacial score (nSPS) is 13.4. The molecule has 1 rings (SSSR count). The first-order valence-corrected chi connectivity index (χ1v) is 8.01. The Morgan fingerprint density at radius 3 is 2.33 bits per heavy atom. The van der Waals surface area contributed by atoms with Crippen molar-refractivity contribution >= 4 is 33.0 Å². The van der Waals surface area contributed by atoms with Crippen LogP contribution in [0.25, 0.3) is 0 Å². The predicted octanol–water partition coefficient (Wildman–Crippen LogP) is 4.61. The summed E-state index contributed by atoms with van der Waals surface area (Å²) in [5, 5.41) is 0.881. The first-order valence-electron chi connectivity index (χ1n) is 5.61. The van der Waals surface area contributed by atoms with Crippen LogP contribution in [0, 0.1) is 0 Å². The third-order valence-corrected chi connectivity index (χ3v) is 5.52. The summed E-state index contributed by atoms with van der Waals surface area (Å²) in [4.78, 5) is 0.427. The van der Waals surface area contributed by atoms with Crippen LogP contribution < -0.4 is 0 Å². The van der Waals surface area contributed by atoms with E-state index in [2.05, 4.69) is 0 Å². The highest BCUT2D eigenvalue weighted by Gasteiger charge is 2.18. The molecule has 1 aromatic rings. The molecule has 0 heterocycles. The lowest BCUT2D eigenvalue weighted by Gasteiger charge is -2.09. The van der Waals surface area contributed by atoms with Crippen LogP contribution in [0.15, 0.2) is 28.7 Å². The van der Waals surface area contributed by atoms with Gasteiger partial charge in [0.25, 0.3) is 0 Å². The summed E-state index contributed by atoms with van der Waals surface area (Å²) in [6.45, 7) is 5.40. The molecule has 18 heavy (non-hydrogen) atoms. The first-order chi connectivity index (χ1) is 8.27. The largest absolute Gasteiger partial charge is 0.224 e. The number of hydrogen-bond acceptors (Lipinski definition) is 2. The van der Waals surface area contributed by atoms with Crippen molar-refractivity contribution in [1.29, 1.82) is 0 Å². The molecule has 5 heteroatoms. The molecule has 0 N–H and O–H groups in total. The molecule has 0 bridgehead atoms. The van der Waals surface area contributed by atoms with Crippen molar-refractivity contribution in [3.05, 3.63) is 44.3 Å². The van der Waals surface area contributed by atoms with Gasteiger partial charge in [-0.3, -0.25) is 0 Å². The Bertz CT molecular complexity index is 575. The Balaban J connectivity index is 3.11. The van der Waals surface area contributed by atoms with Crippen molar-refractivity contribution in [1.82, 2.24) is 0 Å². The smallest absolute Gasteiger partial charge is 0.178 e. The van der Waals surface area contributed by atoms with Crippen LogP contribution in [0.5, 0.6) is 0 Å². The Morgan fingerprint density at radius 1 is 1.22 bits per heavy atom. The number of hydrogen-bond donors (Lipinski definition) is 0. The number of halogens is 2. The molecule has 0 atom stereocenters. The molecule has 0 radical (unpaired) electrons. The van der Waals surface area contributed by atoms with Gasteiger partial charge < -0.3 is 0 Å². The molecule has 0 saturated carbocycles. The number of allylic oxidation sites excluding steroid dienone is 2. The van der Waals surface area contributed by atoms with Crippen LogP contribution in [0.1, 0.15) is 32.8 Å². The summed E-state index contributed by atoms with van der Waals surface area (Å²) in [5.41, 5.74) is 1.45. The third kappa shape index (κ3) is 3.74. The molecule has 100 valence electrons. The number of benzene rings is 1. The predicted molar refractivity (Wildman–Crippen MR) is 77.8 cm³/mol. The zero-order chi connectivity index (χ0) is 13.9. The lowest BCUT2D eigenvalue weighted by Crippen LogP contribution is -2.07. The molecule has 0 saturated heterocycles. The molecule has 0 spiro atoms. The average molecular weight is 307 g/mol. The summed E-state index contributed by atoms with van der Waals surface area (Å²) in [6, 6.07) is 4.85. The van der Waals surface area contributed by atoms with E-state index in [9.17, 15) is 8.42 Å². The second kappa shape index (κ2) is 6.09. The highest BCUT2D eigenvalue weighted by atomic mass is 35.5. The van der Waals surface area contributed by atoms with Gasteiger partial charge in [0.2, 0.25) is 0 Å². The standard InChI is InChI=1S/C13H16Cl2O2S/c1-4-9(2)10(3)18(16,17)8-11-5-6-12(14)7-13(11)15/h5-7H,4,8H2,1-3H3. The van der Waals surface area contributed by atoms with Gasteiger partial charge in [0.05, 0.1) is 5.75 Å². The van der Waals surface area contributed by atoms with Crippen molar-refractivity contribution in [2.75, 3.05) is 0 Å². The van der Waals surface area contributed by atoms with Crippen LogP contribution in [0.4, 0.5) is 0 Å². The summed E-state index contributed by atoms with van der Waals surface area (Å²) in [7, 11) is -3.31. The Labute approximate surface area is 119 Å². The molecule has 0 aliphatic carbocycles. The number of sulfone groups is 1. The average Bonchev–Trinajstić information content (AvgIpc) is 2.30.